The number of amides is 2. The van der Waals surface area contributed by atoms with Crippen LogP contribution in [0.25, 0.3) is 10.9 Å². The summed E-state index contributed by atoms with van der Waals surface area (Å²) < 4.78 is 0. The van der Waals surface area contributed by atoms with Crippen LogP contribution < -0.4 is 11.1 Å². The quantitative estimate of drug-likeness (QED) is 0.758. The molecule has 3 N–H and O–H groups in total. The number of carbonyl (C=O) groups is 2. The third kappa shape index (κ3) is 2.78. The average Bonchev–Trinajstić information content (AvgIpc) is 3.14. The van der Waals surface area contributed by atoms with Crippen LogP contribution in [-0.2, 0) is 12.8 Å². The molecule has 25 heavy (non-hydrogen) atoms. The number of hydrogen-bond donors (Lipinski definition) is 2. The van der Waals surface area contributed by atoms with E-state index in [9.17, 15) is 9.59 Å². The number of primary amides is 1. The normalized spacial score (nSPS) is 13.0. The molecule has 6 heteroatoms. The van der Waals surface area contributed by atoms with E-state index in [2.05, 4.69) is 10.3 Å². The Morgan fingerprint density at radius 3 is 2.80 bits per heavy atom. The van der Waals surface area contributed by atoms with Gasteiger partial charge in [-0.05, 0) is 49.9 Å². The first-order valence-electron chi connectivity index (χ1n) is 8.16. The van der Waals surface area contributed by atoms with Crippen molar-refractivity contribution in [3.8, 4) is 0 Å². The van der Waals surface area contributed by atoms with Gasteiger partial charge in [-0.25, -0.2) is 0 Å². The molecule has 4 rings (SSSR count). The molecule has 126 valence electrons. The van der Waals surface area contributed by atoms with Crippen molar-refractivity contribution in [3.63, 3.8) is 0 Å². The monoisotopic (exact) mass is 351 g/mol. The first-order chi connectivity index (χ1) is 12.0. The lowest BCUT2D eigenvalue weighted by atomic mass is 10.1. The Hall–Kier alpha value is -2.73. The highest BCUT2D eigenvalue weighted by Crippen LogP contribution is 2.39. The van der Waals surface area contributed by atoms with Gasteiger partial charge in [0, 0.05) is 21.5 Å². The van der Waals surface area contributed by atoms with Crippen LogP contribution in [0.4, 0.5) is 5.00 Å². The first kappa shape index (κ1) is 15.8. The zero-order valence-corrected chi connectivity index (χ0v) is 14.6. The van der Waals surface area contributed by atoms with E-state index in [1.165, 1.54) is 11.3 Å². The predicted octanol–water partition coefficient (Wildman–Crippen LogP) is 3.44. The van der Waals surface area contributed by atoms with Crippen LogP contribution in [-0.4, -0.2) is 16.8 Å². The van der Waals surface area contributed by atoms with Crippen molar-refractivity contribution in [2.75, 3.05) is 5.32 Å². The van der Waals surface area contributed by atoms with Crippen molar-refractivity contribution in [1.82, 2.24) is 4.98 Å². The van der Waals surface area contributed by atoms with Crippen molar-refractivity contribution < 1.29 is 9.59 Å². The number of hydrogen-bond acceptors (Lipinski definition) is 4. The zero-order valence-electron chi connectivity index (χ0n) is 13.8. The van der Waals surface area contributed by atoms with Crippen LogP contribution in [0.1, 0.15) is 43.3 Å². The molecular weight excluding hydrogens is 334 g/mol. The third-order valence-corrected chi connectivity index (χ3v) is 5.70. The van der Waals surface area contributed by atoms with Gasteiger partial charge in [-0.1, -0.05) is 12.1 Å². The van der Waals surface area contributed by atoms with E-state index in [1.54, 1.807) is 12.1 Å². The topological polar surface area (TPSA) is 85.1 Å². The summed E-state index contributed by atoms with van der Waals surface area (Å²) in [5.74, 6) is -0.738. The van der Waals surface area contributed by atoms with Gasteiger partial charge in [0.15, 0.2) is 0 Å². The largest absolute Gasteiger partial charge is 0.365 e. The van der Waals surface area contributed by atoms with E-state index < -0.39 is 5.91 Å². The Balaban J connectivity index is 1.68. The van der Waals surface area contributed by atoms with Gasteiger partial charge in [0.05, 0.1) is 11.1 Å². The fourth-order valence-corrected chi connectivity index (χ4v) is 4.58. The molecule has 0 aliphatic heterocycles. The Bertz CT molecular complexity index is 1020. The van der Waals surface area contributed by atoms with E-state index in [1.807, 2.05) is 25.1 Å². The van der Waals surface area contributed by atoms with Crippen LogP contribution >= 0.6 is 11.3 Å². The van der Waals surface area contributed by atoms with Crippen LogP contribution in [0, 0.1) is 6.92 Å². The number of pyridine rings is 1. The molecule has 1 aromatic carbocycles. The number of carbonyl (C=O) groups excluding carboxylic acids is 2. The molecule has 2 amide bonds. The molecule has 0 radical (unpaired) electrons. The Labute approximate surface area is 148 Å². The van der Waals surface area contributed by atoms with Crippen LogP contribution in [0.5, 0.6) is 0 Å². The minimum absolute atomic E-state index is 0.257. The van der Waals surface area contributed by atoms with Gasteiger partial charge in [0.1, 0.15) is 5.00 Å². The standard InChI is InChI=1S/C19H17N3O2S/c1-10-5-6-11-7-8-12(9-14(11)21-10)18(24)22-19-16(17(20)23)13-3-2-4-15(13)25-19/h5-9H,2-4H2,1H3,(H2,20,23)(H,22,24). The Kier molecular flexibility index (Phi) is 3.77. The number of nitrogens with zero attached hydrogens (tertiary/aromatic N) is 1. The van der Waals surface area contributed by atoms with Crippen LogP contribution in [0.15, 0.2) is 30.3 Å². The molecule has 3 aromatic rings. The summed E-state index contributed by atoms with van der Waals surface area (Å²) >= 11 is 1.46. The molecule has 0 spiro atoms. The SMILES string of the molecule is Cc1ccc2ccc(C(=O)Nc3sc4c(c3C(N)=O)CCC4)cc2n1. The molecule has 0 unspecified atom stereocenters. The number of anilines is 1. The first-order valence-corrected chi connectivity index (χ1v) is 8.97. The molecule has 1 aliphatic carbocycles. The molecule has 0 saturated carbocycles. The number of fused-ring (bicyclic) bond motifs is 2. The lowest BCUT2D eigenvalue weighted by Gasteiger charge is -2.07. The molecular formula is C19H17N3O2S. The highest BCUT2D eigenvalue weighted by molar-refractivity contribution is 7.17. The minimum atomic E-state index is -0.481. The maximum absolute atomic E-state index is 12.7. The molecule has 2 aromatic heterocycles. The maximum Gasteiger partial charge on any atom is 0.256 e. The molecule has 5 nitrogen and oxygen atoms in total. The second kappa shape index (κ2) is 5.97. The number of aryl methyl sites for hydroxylation is 2. The summed E-state index contributed by atoms with van der Waals surface area (Å²) in [6.45, 7) is 1.92. The van der Waals surface area contributed by atoms with Gasteiger partial charge < -0.3 is 11.1 Å². The van der Waals surface area contributed by atoms with Gasteiger partial charge in [0.25, 0.3) is 11.8 Å². The van der Waals surface area contributed by atoms with Gasteiger partial charge in [0.2, 0.25) is 0 Å². The summed E-state index contributed by atoms with van der Waals surface area (Å²) in [6.07, 6.45) is 2.82. The summed E-state index contributed by atoms with van der Waals surface area (Å²) in [5, 5.41) is 4.40. The van der Waals surface area contributed by atoms with Crippen LogP contribution in [0.2, 0.25) is 0 Å². The fourth-order valence-electron chi connectivity index (χ4n) is 3.29. The number of rotatable bonds is 3. The number of thiophene rings is 1. The minimum Gasteiger partial charge on any atom is -0.365 e. The summed E-state index contributed by atoms with van der Waals surface area (Å²) in [5.41, 5.74) is 9.20. The Morgan fingerprint density at radius 1 is 1.20 bits per heavy atom. The number of benzene rings is 1. The summed E-state index contributed by atoms with van der Waals surface area (Å²) in [4.78, 5) is 30.1. The predicted molar refractivity (Wildman–Crippen MR) is 99.3 cm³/mol. The third-order valence-electron chi connectivity index (χ3n) is 4.49. The summed E-state index contributed by atoms with van der Waals surface area (Å²) in [7, 11) is 0. The highest BCUT2D eigenvalue weighted by Gasteiger charge is 2.26. The van der Waals surface area contributed by atoms with Gasteiger partial charge in [-0.15, -0.1) is 11.3 Å². The molecule has 0 fully saturated rings. The van der Waals surface area contributed by atoms with Crippen LogP contribution in [0.3, 0.4) is 0 Å². The molecule has 2 heterocycles. The molecule has 0 bridgehead atoms. The highest BCUT2D eigenvalue weighted by atomic mass is 32.1. The van der Waals surface area contributed by atoms with Crippen molar-refractivity contribution in [3.05, 3.63) is 57.6 Å². The van der Waals surface area contributed by atoms with E-state index >= 15 is 0 Å². The molecule has 0 atom stereocenters. The molecule has 1 aliphatic rings. The number of aromatic nitrogens is 1. The number of nitrogens with one attached hydrogen (secondary N) is 1. The number of nitrogens with two attached hydrogens (primary N) is 1. The Morgan fingerprint density at radius 2 is 2.00 bits per heavy atom. The molecule has 0 saturated heterocycles. The average molecular weight is 351 g/mol. The smallest absolute Gasteiger partial charge is 0.256 e. The summed E-state index contributed by atoms with van der Waals surface area (Å²) in [6, 6.07) is 9.33. The van der Waals surface area contributed by atoms with Crippen molar-refractivity contribution in [2.24, 2.45) is 5.73 Å². The second-order valence-corrected chi connectivity index (χ2v) is 7.35. The van der Waals surface area contributed by atoms with E-state index in [0.29, 0.717) is 16.1 Å². The zero-order chi connectivity index (χ0) is 17.6. The van der Waals surface area contributed by atoms with Gasteiger partial charge in [-0.2, -0.15) is 0 Å². The van der Waals surface area contributed by atoms with E-state index in [0.717, 1.165) is 46.3 Å². The second-order valence-electron chi connectivity index (χ2n) is 6.24. The van der Waals surface area contributed by atoms with E-state index in [-0.39, 0.29) is 5.91 Å². The van der Waals surface area contributed by atoms with Gasteiger partial charge in [-0.3, -0.25) is 14.6 Å². The van der Waals surface area contributed by atoms with Gasteiger partial charge >= 0.3 is 0 Å². The lowest BCUT2D eigenvalue weighted by molar-refractivity contribution is 0.100. The van der Waals surface area contributed by atoms with Crippen molar-refractivity contribution in [2.45, 2.75) is 26.2 Å². The van der Waals surface area contributed by atoms with Crippen molar-refractivity contribution >= 4 is 39.1 Å². The fraction of sp³-hybridized carbons (Fsp3) is 0.211. The van der Waals surface area contributed by atoms with Crippen molar-refractivity contribution in [1.29, 1.82) is 0 Å². The lowest BCUT2D eigenvalue weighted by Crippen LogP contribution is -2.17. The van der Waals surface area contributed by atoms with E-state index in [4.69, 9.17) is 5.73 Å². The maximum atomic E-state index is 12.7.